The first kappa shape index (κ1) is 13.9. The highest BCUT2D eigenvalue weighted by atomic mass is 16.7. The first-order valence-electron chi connectivity index (χ1n) is 6.14. The maximum atomic E-state index is 10.4. The highest BCUT2D eigenvalue weighted by molar-refractivity contribution is 5.82. The molecule has 114 valence electrons. The summed E-state index contributed by atoms with van der Waals surface area (Å²) in [5, 5.41) is 29.6. The average molecular weight is 298 g/mol. The topological polar surface area (TPSA) is 166 Å². The largest absolute Gasteiger partial charge is 0.393 e. The van der Waals surface area contributed by atoms with Crippen molar-refractivity contribution < 1.29 is 24.8 Å². The van der Waals surface area contributed by atoms with Gasteiger partial charge in [-0.25, -0.2) is 14.8 Å². The maximum Gasteiger partial charge on any atom is 0.316 e. The summed E-state index contributed by atoms with van der Waals surface area (Å²) in [5.41, 5.74) is 11.8. The van der Waals surface area contributed by atoms with E-state index < -0.39 is 29.9 Å². The molecule has 0 aliphatic carbocycles. The van der Waals surface area contributed by atoms with Crippen LogP contribution in [-0.2, 0) is 4.74 Å². The van der Waals surface area contributed by atoms with Crippen molar-refractivity contribution in [1.29, 1.82) is 0 Å². The Kier molecular flexibility index (Phi) is 2.96. The maximum absolute atomic E-state index is 10.4. The first-order chi connectivity index (χ1) is 9.86. The number of aliphatic hydroxyl groups excluding tert-OH is 2. The molecule has 2 aromatic heterocycles. The van der Waals surface area contributed by atoms with Gasteiger partial charge in [0.05, 0.1) is 6.61 Å². The SMILES string of the molecule is C[N+]1(O)C(O)C(CO)OC1n1cnc2c(N)nc(N)nc21. The second-order valence-electron chi connectivity index (χ2n) is 4.98. The molecule has 1 saturated heterocycles. The lowest BCUT2D eigenvalue weighted by molar-refractivity contribution is -1.15. The Hall–Kier alpha value is -2.05. The van der Waals surface area contributed by atoms with Crippen molar-refractivity contribution >= 4 is 22.9 Å². The van der Waals surface area contributed by atoms with Crippen LogP contribution in [0.15, 0.2) is 6.33 Å². The lowest BCUT2D eigenvalue weighted by Gasteiger charge is -2.28. The number of nitrogen functional groups attached to an aromatic ring is 2. The minimum absolute atomic E-state index is 0.0499. The summed E-state index contributed by atoms with van der Waals surface area (Å²) in [6.07, 6.45) is -1.98. The van der Waals surface area contributed by atoms with Crippen LogP contribution in [-0.4, -0.2) is 65.6 Å². The number of rotatable bonds is 2. The number of hydrogen-bond acceptors (Lipinski definition) is 9. The van der Waals surface area contributed by atoms with Crippen LogP contribution in [0, 0.1) is 0 Å². The van der Waals surface area contributed by atoms with E-state index in [1.807, 2.05) is 0 Å². The minimum Gasteiger partial charge on any atom is -0.393 e. The van der Waals surface area contributed by atoms with Crippen molar-refractivity contribution in [1.82, 2.24) is 19.5 Å². The molecule has 3 rings (SSSR count). The van der Waals surface area contributed by atoms with Gasteiger partial charge < -0.3 is 21.7 Å². The van der Waals surface area contributed by atoms with E-state index in [4.69, 9.17) is 16.2 Å². The number of anilines is 2. The van der Waals surface area contributed by atoms with E-state index in [0.717, 1.165) is 0 Å². The summed E-state index contributed by atoms with van der Waals surface area (Å²) < 4.78 is 5.93. The van der Waals surface area contributed by atoms with Gasteiger partial charge in [-0.3, -0.25) is 4.74 Å². The zero-order valence-electron chi connectivity index (χ0n) is 11.2. The number of hydroxylamine groups is 3. The number of aromatic nitrogens is 4. The lowest BCUT2D eigenvalue weighted by atomic mass is 10.3. The van der Waals surface area contributed by atoms with E-state index in [-0.39, 0.29) is 17.4 Å². The molecular formula is C10H16N7O4+. The molecule has 11 nitrogen and oxygen atoms in total. The third-order valence-corrected chi connectivity index (χ3v) is 3.50. The van der Waals surface area contributed by atoms with Crippen molar-refractivity contribution in [3.63, 3.8) is 0 Å². The highest BCUT2D eigenvalue weighted by Crippen LogP contribution is 2.35. The summed E-state index contributed by atoms with van der Waals surface area (Å²) in [6.45, 7) is -0.446. The van der Waals surface area contributed by atoms with Gasteiger partial charge in [0, 0.05) is 0 Å². The Balaban J connectivity index is 2.13. The molecule has 0 radical (unpaired) electrons. The normalized spacial score (nSPS) is 32.9. The number of aliphatic hydroxyl groups is 2. The van der Waals surface area contributed by atoms with Crippen LogP contribution >= 0.6 is 0 Å². The molecule has 0 saturated carbocycles. The molecule has 1 aliphatic rings. The van der Waals surface area contributed by atoms with Crippen LogP contribution in [0.4, 0.5) is 11.8 Å². The van der Waals surface area contributed by atoms with E-state index in [1.54, 1.807) is 0 Å². The zero-order valence-corrected chi connectivity index (χ0v) is 11.2. The molecule has 2 aromatic rings. The molecule has 0 bridgehead atoms. The number of quaternary nitrogens is 1. The lowest BCUT2D eigenvalue weighted by Crippen LogP contribution is -2.51. The van der Waals surface area contributed by atoms with E-state index in [1.165, 1.54) is 17.9 Å². The molecule has 4 atom stereocenters. The monoisotopic (exact) mass is 298 g/mol. The molecule has 21 heavy (non-hydrogen) atoms. The fraction of sp³-hybridized carbons (Fsp3) is 0.500. The predicted octanol–water partition coefficient (Wildman–Crippen LogP) is -2.01. The molecule has 1 fully saturated rings. The van der Waals surface area contributed by atoms with E-state index in [2.05, 4.69) is 15.0 Å². The summed E-state index contributed by atoms with van der Waals surface area (Å²) >= 11 is 0. The van der Waals surface area contributed by atoms with Crippen molar-refractivity contribution in [3.05, 3.63) is 6.33 Å². The second kappa shape index (κ2) is 4.47. The van der Waals surface area contributed by atoms with Crippen molar-refractivity contribution in [2.24, 2.45) is 0 Å². The highest BCUT2D eigenvalue weighted by Gasteiger charge is 2.55. The summed E-state index contributed by atoms with van der Waals surface area (Å²) in [5.74, 6) is 0.0480. The molecule has 0 aromatic carbocycles. The third-order valence-electron chi connectivity index (χ3n) is 3.50. The number of nitrogens with two attached hydrogens (primary N) is 2. The van der Waals surface area contributed by atoms with Gasteiger partial charge in [0.2, 0.25) is 5.95 Å². The number of fused-ring (bicyclic) bond motifs is 1. The van der Waals surface area contributed by atoms with Gasteiger partial charge in [-0.05, 0) is 0 Å². The Bertz CT molecular complexity index is 687. The summed E-state index contributed by atoms with van der Waals surface area (Å²) in [6, 6.07) is 0. The van der Waals surface area contributed by atoms with Gasteiger partial charge in [0.1, 0.15) is 13.4 Å². The molecule has 0 spiro atoms. The van der Waals surface area contributed by atoms with Gasteiger partial charge in [0.15, 0.2) is 23.1 Å². The smallest absolute Gasteiger partial charge is 0.316 e. The van der Waals surface area contributed by atoms with Gasteiger partial charge >= 0.3 is 6.35 Å². The van der Waals surface area contributed by atoms with Crippen LogP contribution in [0.5, 0.6) is 0 Å². The number of likely N-dealkylation sites (N-methyl/N-ethyl adjacent to an activating group) is 1. The van der Waals surface area contributed by atoms with Gasteiger partial charge in [0.25, 0.3) is 6.23 Å². The number of imidazole rings is 1. The Labute approximate surface area is 118 Å². The van der Waals surface area contributed by atoms with Gasteiger partial charge in [-0.1, -0.05) is 0 Å². The summed E-state index contributed by atoms with van der Waals surface area (Å²) in [7, 11) is 1.34. The molecular weight excluding hydrogens is 282 g/mol. The van der Waals surface area contributed by atoms with Crippen molar-refractivity contribution in [2.45, 2.75) is 18.7 Å². The van der Waals surface area contributed by atoms with Crippen LogP contribution in [0.1, 0.15) is 6.35 Å². The molecule has 3 heterocycles. The number of nitrogens with zero attached hydrogens (tertiary/aromatic N) is 5. The van der Waals surface area contributed by atoms with Crippen molar-refractivity contribution in [3.8, 4) is 0 Å². The first-order valence-corrected chi connectivity index (χ1v) is 6.14. The van der Waals surface area contributed by atoms with E-state index >= 15 is 0 Å². The van der Waals surface area contributed by atoms with Gasteiger partial charge in [-0.2, -0.15) is 9.97 Å². The van der Waals surface area contributed by atoms with Crippen LogP contribution in [0.3, 0.4) is 0 Å². The fourth-order valence-corrected chi connectivity index (χ4v) is 2.39. The van der Waals surface area contributed by atoms with E-state index in [0.29, 0.717) is 5.52 Å². The fourth-order valence-electron chi connectivity index (χ4n) is 2.39. The Morgan fingerprint density at radius 1 is 1.43 bits per heavy atom. The average Bonchev–Trinajstić information content (AvgIpc) is 2.91. The van der Waals surface area contributed by atoms with Crippen LogP contribution in [0.25, 0.3) is 11.2 Å². The van der Waals surface area contributed by atoms with Crippen LogP contribution < -0.4 is 11.5 Å². The Morgan fingerprint density at radius 3 is 2.76 bits per heavy atom. The molecule has 4 unspecified atom stereocenters. The predicted molar refractivity (Wildman–Crippen MR) is 69.1 cm³/mol. The molecule has 1 aliphatic heterocycles. The number of hydrogen-bond donors (Lipinski definition) is 5. The standard InChI is InChI=1S/C10H16N7O4/c1-17(20)8(19)4(2-18)21-10(17)16-3-13-5-6(11)14-9(12)15-7(5)16/h3-4,8,10,18-20H,2H2,1H3,(H4,11,12,14,15)/q+1. The quantitative estimate of drug-likeness (QED) is 0.394. The minimum atomic E-state index is -1.33. The van der Waals surface area contributed by atoms with Crippen LogP contribution in [0.2, 0.25) is 0 Å². The molecule has 7 N–H and O–H groups in total. The summed E-state index contributed by atoms with van der Waals surface area (Å²) in [4.78, 5) is 11.9. The third kappa shape index (κ3) is 1.91. The van der Waals surface area contributed by atoms with E-state index in [9.17, 15) is 15.4 Å². The second-order valence-corrected chi connectivity index (χ2v) is 4.98. The number of ether oxygens (including phenoxy) is 1. The van der Waals surface area contributed by atoms with Crippen molar-refractivity contribution in [2.75, 3.05) is 25.1 Å². The zero-order chi connectivity index (χ0) is 15.4. The van der Waals surface area contributed by atoms with Gasteiger partial charge in [-0.15, -0.1) is 4.65 Å². The Morgan fingerprint density at radius 2 is 2.14 bits per heavy atom. The molecule has 11 heteroatoms. The molecule has 0 amide bonds.